The van der Waals surface area contributed by atoms with Crippen molar-refractivity contribution in [2.75, 3.05) is 33.9 Å². The molecule has 2 aromatic carbocycles. The molecule has 1 atom stereocenters. The van der Waals surface area contributed by atoms with Gasteiger partial charge in [-0.05, 0) is 44.5 Å². The number of urea groups is 1. The van der Waals surface area contributed by atoms with Crippen molar-refractivity contribution in [2.45, 2.75) is 38.8 Å². The number of hydrazone groups is 1. The average molecular weight is 501 g/mol. The Morgan fingerprint density at radius 3 is 2.43 bits per heavy atom. The Kier molecular flexibility index (Phi) is 8.75. The summed E-state index contributed by atoms with van der Waals surface area (Å²) in [5, 5.41) is 9.63. The summed E-state index contributed by atoms with van der Waals surface area (Å²) in [4.78, 5) is 27.9. The maximum atomic E-state index is 13.6. The molecule has 188 valence electrons. The normalized spacial score (nSPS) is 15.5. The third-order valence-corrected chi connectivity index (χ3v) is 5.84. The van der Waals surface area contributed by atoms with Crippen LogP contribution in [0.2, 0.25) is 5.02 Å². The molecule has 1 unspecified atom stereocenters. The van der Waals surface area contributed by atoms with Gasteiger partial charge in [-0.1, -0.05) is 41.9 Å². The number of rotatable bonds is 8. The van der Waals surface area contributed by atoms with Gasteiger partial charge in [-0.2, -0.15) is 5.10 Å². The lowest BCUT2D eigenvalue weighted by Crippen LogP contribution is -2.52. The summed E-state index contributed by atoms with van der Waals surface area (Å²) in [5.41, 5.74) is 1.96. The molecule has 8 nitrogen and oxygen atoms in total. The number of hydrogen-bond donors (Lipinski definition) is 1. The van der Waals surface area contributed by atoms with Gasteiger partial charge in [-0.3, -0.25) is 4.79 Å². The number of methoxy groups -OCH3 is 2. The van der Waals surface area contributed by atoms with Crippen LogP contribution in [-0.2, 0) is 9.53 Å². The van der Waals surface area contributed by atoms with E-state index in [1.54, 1.807) is 20.3 Å². The van der Waals surface area contributed by atoms with Gasteiger partial charge in [0.1, 0.15) is 12.3 Å². The lowest BCUT2D eigenvalue weighted by Gasteiger charge is -2.30. The molecule has 0 aromatic heterocycles. The van der Waals surface area contributed by atoms with E-state index < -0.39 is 5.54 Å². The third-order valence-electron chi connectivity index (χ3n) is 5.51. The fraction of sp³-hybridized carbons (Fsp3) is 0.423. The number of nitrogens with one attached hydrogen (secondary N) is 1. The van der Waals surface area contributed by atoms with E-state index in [0.717, 1.165) is 16.9 Å². The molecule has 35 heavy (non-hydrogen) atoms. The summed E-state index contributed by atoms with van der Waals surface area (Å²) in [6.45, 7) is 6.11. The number of halogens is 1. The van der Waals surface area contributed by atoms with Gasteiger partial charge >= 0.3 is 6.03 Å². The minimum Gasteiger partial charge on any atom is -0.497 e. The van der Waals surface area contributed by atoms with Gasteiger partial charge in [0.2, 0.25) is 0 Å². The number of hydrogen-bond acceptors (Lipinski definition) is 5. The Hall–Kier alpha value is -3.10. The lowest BCUT2D eigenvalue weighted by atomic mass is 9.98. The van der Waals surface area contributed by atoms with Crippen molar-refractivity contribution in [1.29, 1.82) is 0 Å². The molecule has 0 saturated heterocycles. The number of carbonyl (C=O) groups excluding carboxylic acids is 2. The maximum Gasteiger partial charge on any atom is 0.318 e. The molecule has 0 radical (unpaired) electrons. The van der Waals surface area contributed by atoms with Crippen LogP contribution in [0.15, 0.2) is 53.6 Å². The highest BCUT2D eigenvalue weighted by Crippen LogP contribution is 2.35. The average Bonchev–Trinajstić information content (AvgIpc) is 3.26. The first kappa shape index (κ1) is 26.5. The van der Waals surface area contributed by atoms with Crippen LogP contribution in [0, 0.1) is 0 Å². The zero-order valence-electron chi connectivity index (χ0n) is 20.9. The highest BCUT2D eigenvalue weighted by molar-refractivity contribution is 6.34. The molecule has 3 rings (SSSR count). The standard InChI is InChI=1S/C26H33ClN4O4/c1-26(2,3)28-25(33)30(14-15-34-4)17-24(32)31-23(18-10-12-19(35-5)13-11-18)16-22(29-31)20-8-6-7-9-21(20)27/h6-13,23H,14-17H2,1-5H3,(H,28,33). The summed E-state index contributed by atoms with van der Waals surface area (Å²) in [5.74, 6) is 0.425. The molecule has 9 heteroatoms. The van der Waals surface area contributed by atoms with Crippen LogP contribution in [-0.4, -0.2) is 67.0 Å². The van der Waals surface area contributed by atoms with Crippen molar-refractivity contribution in [1.82, 2.24) is 15.2 Å². The van der Waals surface area contributed by atoms with Crippen molar-refractivity contribution in [3.05, 3.63) is 64.7 Å². The number of ether oxygens (including phenoxy) is 2. The van der Waals surface area contributed by atoms with Crippen LogP contribution < -0.4 is 10.1 Å². The second-order valence-corrected chi connectivity index (χ2v) is 9.76. The predicted octanol–water partition coefficient (Wildman–Crippen LogP) is 4.48. The highest BCUT2D eigenvalue weighted by Gasteiger charge is 2.35. The van der Waals surface area contributed by atoms with Crippen molar-refractivity contribution in [3.8, 4) is 5.75 Å². The van der Waals surface area contributed by atoms with Crippen LogP contribution in [0.4, 0.5) is 4.79 Å². The molecule has 0 fully saturated rings. The zero-order chi connectivity index (χ0) is 25.6. The second kappa shape index (κ2) is 11.6. The van der Waals surface area contributed by atoms with Gasteiger partial charge in [0.25, 0.3) is 5.91 Å². The Labute approximate surface area is 211 Å². The minimum absolute atomic E-state index is 0.142. The molecule has 0 bridgehead atoms. The number of amides is 3. The number of nitrogens with zero attached hydrogens (tertiary/aromatic N) is 3. The van der Waals surface area contributed by atoms with Crippen molar-refractivity contribution in [3.63, 3.8) is 0 Å². The Morgan fingerprint density at radius 2 is 1.83 bits per heavy atom. The van der Waals surface area contributed by atoms with Crippen LogP contribution in [0.25, 0.3) is 0 Å². The first-order valence-corrected chi connectivity index (χ1v) is 11.8. The largest absolute Gasteiger partial charge is 0.497 e. The fourth-order valence-corrected chi connectivity index (χ4v) is 4.02. The van der Waals surface area contributed by atoms with E-state index in [4.69, 9.17) is 21.1 Å². The van der Waals surface area contributed by atoms with E-state index >= 15 is 0 Å². The molecule has 1 aliphatic heterocycles. The van der Waals surface area contributed by atoms with Crippen LogP contribution >= 0.6 is 11.6 Å². The molecule has 3 amide bonds. The smallest absolute Gasteiger partial charge is 0.318 e. The van der Waals surface area contributed by atoms with E-state index in [-0.39, 0.29) is 31.1 Å². The lowest BCUT2D eigenvalue weighted by molar-refractivity contribution is -0.133. The van der Waals surface area contributed by atoms with Crippen molar-refractivity contribution in [2.24, 2.45) is 5.10 Å². The number of benzene rings is 2. The van der Waals surface area contributed by atoms with Gasteiger partial charge < -0.3 is 19.7 Å². The summed E-state index contributed by atoms with van der Waals surface area (Å²) in [6, 6.07) is 14.3. The first-order valence-electron chi connectivity index (χ1n) is 11.5. The fourth-order valence-electron chi connectivity index (χ4n) is 3.77. The van der Waals surface area contributed by atoms with Crippen molar-refractivity contribution >= 4 is 29.3 Å². The Morgan fingerprint density at radius 1 is 1.14 bits per heavy atom. The zero-order valence-corrected chi connectivity index (χ0v) is 21.6. The first-order chi connectivity index (χ1) is 16.6. The van der Waals surface area contributed by atoms with Gasteiger partial charge in [0.05, 0.1) is 25.5 Å². The van der Waals surface area contributed by atoms with Crippen molar-refractivity contribution < 1.29 is 19.1 Å². The molecule has 1 heterocycles. The minimum atomic E-state index is -0.444. The van der Waals surface area contributed by atoms with Crippen LogP contribution in [0.5, 0.6) is 5.75 Å². The highest BCUT2D eigenvalue weighted by atomic mass is 35.5. The Bertz CT molecular complexity index is 1070. The van der Waals surface area contributed by atoms with Crippen LogP contribution in [0.1, 0.15) is 44.4 Å². The summed E-state index contributed by atoms with van der Waals surface area (Å²) >= 11 is 6.43. The molecule has 0 saturated carbocycles. The molecule has 2 aromatic rings. The van der Waals surface area contributed by atoms with Gasteiger partial charge in [0.15, 0.2) is 0 Å². The van der Waals surface area contributed by atoms with Gasteiger partial charge in [-0.25, -0.2) is 9.80 Å². The molecule has 0 spiro atoms. The van der Waals surface area contributed by atoms with E-state index in [1.165, 1.54) is 9.91 Å². The maximum absolute atomic E-state index is 13.6. The quantitative estimate of drug-likeness (QED) is 0.579. The van der Waals surface area contributed by atoms with Gasteiger partial charge in [-0.15, -0.1) is 0 Å². The third kappa shape index (κ3) is 6.96. The summed E-state index contributed by atoms with van der Waals surface area (Å²) in [6.07, 6.45) is 0.494. The summed E-state index contributed by atoms with van der Waals surface area (Å²) < 4.78 is 10.4. The Balaban J connectivity index is 1.90. The SMILES string of the molecule is COCCN(CC(=O)N1N=C(c2ccccc2Cl)CC1c1ccc(OC)cc1)C(=O)NC(C)(C)C. The van der Waals surface area contributed by atoms with E-state index in [9.17, 15) is 9.59 Å². The molecule has 1 N–H and O–H groups in total. The van der Waals surface area contributed by atoms with E-state index in [2.05, 4.69) is 10.4 Å². The van der Waals surface area contributed by atoms with E-state index in [0.29, 0.717) is 23.8 Å². The summed E-state index contributed by atoms with van der Waals surface area (Å²) in [7, 11) is 3.16. The predicted molar refractivity (Wildman–Crippen MR) is 137 cm³/mol. The molecule has 1 aliphatic rings. The van der Waals surface area contributed by atoms with E-state index in [1.807, 2.05) is 63.2 Å². The van der Waals surface area contributed by atoms with Gasteiger partial charge in [0, 0.05) is 36.2 Å². The number of carbonyl (C=O) groups is 2. The van der Waals surface area contributed by atoms with Crippen LogP contribution in [0.3, 0.4) is 0 Å². The monoisotopic (exact) mass is 500 g/mol. The molecular formula is C26H33ClN4O4. The molecule has 0 aliphatic carbocycles. The topological polar surface area (TPSA) is 83.5 Å². The molecular weight excluding hydrogens is 468 g/mol. The second-order valence-electron chi connectivity index (χ2n) is 9.35.